The Labute approximate surface area is 187 Å². The lowest BCUT2D eigenvalue weighted by atomic mass is 10.1. The van der Waals surface area contributed by atoms with Gasteiger partial charge in [0.05, 0.1) is 29.4 Å². The van der Waals surface area contributed by atoms with Gasteiger partial charge >= 0.3 is 0 Å². The zero-order valence-corrected chi connectivity index (χ0v) is 17.7. The molecule has 0 fully saturated rings. The Morgan fingerprint density at radius 3 is 2.73 bits per heavy atom. The molecule has 162 valence electrons. The zero-order chi connectivity index (χ0) is 22.5. The number of nitrogens with one attached hydrogen (secondary N) is 1. The first kappa shape index (κ1) is 19.3. The van der Waals surface area contributed by atoms with Gasteiger partial charge in [-0.25, -0.2) is 0 Å². The molecule has 0 spiro atoms. The third-order valence-corrected chi connectivity index (χ3v) is 5.96. The smallest absolute Gasteiger partial charge is 0.263 e. The molecule has 0 radical (unpaired) electrons. The van der Waals surface area contributed by atoms with E-state index < -0.39 is 6.10 Å². The van der Waals surface area contributed by atoms with Crippen LogP contribution in [-0.2, 0) is 11.3 Å². The summed E-state index contributed by atoms with van der Waals surface area (Å²) in [4.78, 5) is 30.4. The lowest BCUT2D eigenvalue weighted by Gasteiger charge is -2.14. The molecule has 2 aromatic carbocycles. The maximum absolute atomic E-state index is 13.3. The monoisotopic (exact) mass is 437 g/mol. The third-order valence-electron chi connectivity index (χ3n) is 5.96. The fraction of sp³-hybridized carbons (Fsp3) is 0.115. The van der Waals surface area contributed by atoms with Crippen molar-refractivity contribution in [1.82, 2.24) is 14.7 Å². The van der Waals surface area contributed by atoms with Crippen LogP contribution in [0.2, 0.25) is 0 Å². The van der Waals surface area contributed by atoms with Crippen LogP contribution in [0.1, 0.15) is 12.7 Å². The molecule has 7 nitrogen and oxygen atoms in total. The number of carbonyl (C=O) groups excluding carboxylic acids is 1. The van der Waals surface area contributed by atoms with Crippen LogP contribution in [0, 0.1) is 0 Å². The summed E-state index contributed by atoms with van der Waals surface area (Å²) < 4.78 is 12.9. The maximum Gasteiger partial charge on any atom is 0.263 e. The van der Waals surface area contributed by atoms with Gasteiger partial charge in [-0.3, -0.25) is 19.0 Å². The zero-order valence-electron chi connectivity index (χ0n) is 17.7. The minimum absolute atomic E-state index is 0.0783. The van der Waals surface area contributed by atoms with Crippen LogP contribution in [0.3, 0.4) is 0 Å². The molecule has 0 saturated heterocycles. The Balaban J connectivity index is 1.41. The normalized spacial score (nSPS) is 12.6. The average molecular weight is 437 g/mol. The van der Waals surface area contributed by atoms with E-state index in [0.29, 0.717) is 23.4 Å². The van der Waals surface area contributed by atoms with Gasteiger partial charge in [0.25, 0.3) is 11.5 Å². The summed E-state index contributed by atoms with van der Waals surface area (Å²) >= 11 is 0. The quantitative estimate of drug-likeness (QED) is 0.407. The molecule has 1 amide bonds. The highest BCUT2D eigenvalue weighted by atomic mass is 16.5. The van der Waals surface area contributed by atoms with E-state index in [-0.39, 0.29) is 11.5 Å². The molecule has 0 bridgehead atoms. The summed E-state index contributed by atoms with van der Waals surface area (Å²) in [5.41, 5.74) is 2.27. The van der Waals surface area contributed by atoms with Crippen LogP contribution in [0.5, 0.6) is 5.75 Å². The maximum atomic E-state index is 13.3. The van der Waals surface area contributed by atoms with Crippen molar-refractivity contribution in [2.75, 3.05) is 0 Å². The fourth-order valence-electron chi connectivity index (χ4n) is 4.41. The van der Waals surface area contributed by atoms with Crippen molar-refractivity contribution < 1.29 is 13.9 Å². The third kappa shape index (κ3) is 3.01. The molecule has 4 heterocycles. The number of hydrogen-bond donors (Lipinski definition) is 1. The Morgan fingerprint density at radius 1 is 1.06 bits per heavy atom. The molecule has 6 aromatic rings. The van der Waals surface area contributed by atoms with E-state index in [1.54, 1.807) is 42.0 Å². The predicted octanol–water partition coefficient (Wildman–Crippen LogP) is 4.27. The van der Waals surface area contributed by atoms with Gasteiger partial charge in [0.15, 0.2) is 6.10 Å². The van der Waals surface area contributed by atoms with Gasteiger partial charge in [-0.15, -0.1) is 0 Å². The number of carbonyl (C=O) groups is 1. The van der Waals surface area contributed by atoms with Gasteiger partial charge in [-0.2, -0.15) is 0 Å². The Hall–Kier alpha value is -4.39. The molecule has 0 aliphatic carbocycles. The Morgan fingerprint density at radius 2 is 1.91 bits per heavy atom. The molecular formula is C26H19N3O4. The van der Waals surface area contributed by atoms with Crippen molar-refractivity contribution in [3.8, 4) is 5.75 Å². The molecule has 6 rings (SSSR count). The van der Waals surface area contributed by atoms with Crippen LogP contribution < -0.4 is 15.6 Å². The first-order valence-electron chi connectivity index (χ1n) is 10.7. The van der Waals surface area contributed by atoms with Crippen molar-refractivity contribution >= 4 is 44.0 Å². The summed E-state index contributed by atoms with van der Waals surface area (Å²) in [6, 6.07) is 18.5. The van der Waals surface area contributed by atoms with Crippen LogP contribution in [0.25, 0.3) is 38.1 Å². The van der Waals surface area contributed by atoms with Crippen LogP contribution in [-0.4, -0.2) is 21.4 Å². The number of rotatable bonds is 5. The van der Waals surface area contributed by atoms with Crippen molar-refractivity contribution in [2.24, 2.45) is 0 Å². The van der Waals surface area contributed by atoms with Crippen molar-refractivity contribution in [2.45, 2.75) is 19.6 Å². The van der Waals surface area contributed by atoms with E-state index in [1.807, 2.05) is 42.5 Å². The van der Waals surface area contributed by atoms with E-state index in [1.165, 1.54) is 0 Å². The first-order valence-corrected chi connectivity index (χ1v) is 10.7. The van der Waals surface area contributed by atoms with Crippen molar-refractivity contribution in [3.05, 3.63) is 89.2 Å². The molecule has 0 saturated carbocycles. The number of nitrogens with zero attached hydrogens (tertiary/aromatic N) is 2. The van der Waals surface area contributed by atoms with E-state index in [9.17, 15) is 9.59 Å². The first-order chi connectivity index (χ1) is 16.1. The van der Waals surface area contributed by atoms with E-state index in [0.717, 1.165) is 32.7 Å². The summed E-state index contributed by atoms with van der Waals surface area (Å²) in [5, 5.41) is 6.05. The fourth-order valence-corrected chi connectivity index (χ4v) is 4.41. The summed E-state index contributed by atoms with van der Waals surface area (Å²) in [5.74, 6) is 0.971. The second kappa shape index (κ2) is 7.34. The van der Waals surface area contributed by atoms with Crippen LogP contribution in [0.15, 0.2) is 82.3 Å². The number of amides is 1. The molecular weight excluding hydrogens is 418 g/mol. The number of pyridine rings is 2. The Kier molecular flexibility index (Phi) is 4.29. The molecule has 33 heavy (non-hydrogen) atoms. The predicted molar refractivity (Wildman–Crippen MR) is 126 cm³/mol. The molecule has 1 atom stereocenters. The van der Waals surface area contributed by atoms with Gasteiger partial charge in [0.1, 0.15) is 11.5 Å². The number of furan rings is 1. The molecule has 0 unspecified atom stereocenters. The highest BCUT2D eigenvalue weighted by molar-refractivity contribution is 6.18. The molecule has 1 N–H and O–H groups in total. The van der Waals surface area contributed by atoms with Gasteiger partial charge in [-0.1, -0.05) is 18.2 Å². The topological polar surface area (TPSA) is 85.8 Å². The van der Waals surface area contributed by atoms with Gasteiger partial charge in [-0.05, 0) is 49.4 Å². The number of benzene rings is 2. The highest BCUT2D eigenvalue weighted by Crippen LogP contribution is 2.34. The van der Waals surface area contributed by atoms with Gasteiger partial charge in [0.2, 0.25) is 0 Å². The molecule has 0 aliphatic rings. The van der Waals surface area contributed by atoms with E-state index in [2.05, 4.69) is 10.3 Å². The minimum Gasteiger partial charge on any atom is -0.481 e. The van der Waals surface area contributed by atoms with Crippen molar-refractivity contribution in [3.63, 3.8) is 0 Å². The second-order valence-corrected chi connectivity index (χ2v) is 7.98. The highest BCUT2D eigenvalue weighted by Gasteiger charge is 2.19. The number of fused-ring (bicyclic) bond motifs is 5. The number of aromatic nitrogens is 2. The number of ether oxygens (including phenoxy) is 1. The largest absolute Gasteiger partial charge is 0.481 e. The minimum atomic E-state index is -0.704. The Bertz CT molecular complexity index is 1700. The average Bonchev–Trinajstić information content (AvgIpc) is 3.48. The summed E-state index contributed by atoms with van der Waals surface area (Å²) in [7, 11) is 0. The molecule has 7 heteroatoms. The lowest BCUT2D eigenvalue weighted by molar-refractivity contribution is -0.127. The molecule has 0 aliphatic heterocycles. The van der Waals surface area contributed by atoms with Crippen molar-refractivity contribution in [1.29, 1.82) is 0 Å². The van der Waals surface area contributed by atoms with Gasteiger partial charge in [0, 0.05) is 27.7 Å². The van der Waals surface area contributed by atoms with E-state index >= 15 is 0 Å². The lowest BCUT2D eigenvalue weighted by Crippen LogP contribution is -2.35. The second-order valence-electron chi connectivity index (χ2n) is 7.98. The standard InChI is InChI=1S/C26H19N3O4/c1-15(25(30)28-14-17-5-4-12-32-17)33-16-8-9-22-21(13-16)19-10-11-27-23-18-6-2-3-7-20(18)26(31)29(22)24(19)23/h2-13,15H,14H2,1H3,(H,28,30)/t15-/m0/s1. The van der Waals surface area contributed by atoms with E-state index in [4.69, 9.17) is 9.15 Å². The molecule has 4 aromatic heterocycles. The number of hydrogen-bond acceptors (Lipinski definition) is 5. The van der Waals surface area contributed by atoms with Gasteiger partial charge < -0.3 is 14.5 Å². The van der Waals surface area contributed by atoms with Crippen LogP contribution in [0.4, 0.5) is 0 Å². The van der Waals surface area contributed by atoms with Crippen LogP contribution >= 0.6 is 0 Å². The SMILES string of the molecule is C[C@H](Oc1ccc2c(c1)c1ccnc3c4ccccc4c(=O)n2c13)C(=O)NCc1ccco1. The summed E-state index contributed by atoms with van der Waals surface area (Å²) in [6.07, 6.45) is 2.62. The summed E-state index contributed by atoms with van der Waals surface area (Å²) in [6.45, 7) is 1.99.